The van der Waals surface area contributed by atoms with E-state index in [9.17, 15) is 9.18 Å². The third kappa shape index (κ3) is 2.46. The smallest absolute Gasteiger partial charge is 0.254 e. The van der Waals surface area contributed by atoms with Crippen molar-refractivity contribution >= 4 is 5.91 Å². The van der Waals surface area contributed by atoms with Gasteiger partial charge in [-0.25, -0.2) is 4.39 Å². The van der Waals surface area contributed by atoms with Crippen molar-refractivity contribution in [2.24, 2.45) is 11.8 Å². The molecule has 1 aliphatic carbocycles. The summed E-state index contributed by atoms with van der Waals surface area (Å²) in [4.78, 5) is 15.5. The highest BCUT2D eigenvalue weighted by Crippen LogP contribution is 2.31. The van der Waals surface area contributed by atoms with Gasteiger partial charge >= 0.3 is 0 Å². The standard InChI is InChI=1S/C13H17FN2O/c1-8-3-4-12(9(8)2)16-13(17)10-5-6-15-7-11(10)14/h5-9,12H,3-4H2,1-2H3,(H,16,17). The fourth-order valence-electron chi connectivity index (χ4n) is 2.37. The molecule has 0 aliphatic heterocycles. The van der Waals surface area contributed by atoms with Gasteiger partial charge in [-0.2, -0.15) is 0 Å². The Labute approximate surface area is 100 Å². The predicted molar refractivity (Wildman–Crippen MR) is 63.0 cm³/mol. The van der Waals surface area contributed by atoms with Gasteiger partial charge in [-0.3, -0.25) is 9.78 Å². The molecule has 2 rings (SSSR count). The molecule has 17 heavy (non-hydrogen) atoms. The summed E-state index contributed by atoms with van der Waals surface area (Å²) in [6.45, 7) is 4.31. The molecular weight excluding hydrogens is 219 g/mol. The van der Waals surface area contributed by atoms with E-state index in [2.05, 4.69) is 24.1 Å². The summed E-state index contributed by atoms with van der Waals surface area (Å²) in [5, 5.41) is 2.91. The fraction of sp³-hybridized carbons (Fsp3) is 0.538. The summed E-state index contributed by atoms with van der Waals surface area (Å²) in [6.07, 6.45) is 4.58. The normalized spacial score (nSPS) is 28.1. The molecule has 3 unspecified atom stereocenters. The van der Waals surface area contributed by atoms with Gasteiger partial charge in [-0.1, -0.05) is 13.8 Å². The topological polar surface area (TPSA) is 42.0 Å². The van der Waals surface area contributed by atoms with Crippen molar-refractivity contribution in [2.45, 2.75) is 32.7 Å². The van der Waals surface area contributed by atoms with E-state index >= 15 is 0 Å². The van der Waals surface area contributed by atoms with Crippen LogP contribution in [0.4, 0.5) is 4.39 Å². The van der Waals surface area contributed by atoms with Crippen LogP contribution in [0.2, 0.25) is 0 Å². The first-order valence-corrected chi connectivity index (χ1v) is 6.00. The van der Waals surface area contributed by atoms with Crippen LogP contribution in [0.3, 0.4) is 0 Å². The Hall–Kier alpha value is -1.45. The number of halogens is 1. The van der Waals surface area contributed by atoms with Crippen molar-refractivity contribution in [3.63, 3.8) is 0 Å². The summed E-state index contributed by atoms with van der Waals surface area (Å²) in [5.74, 6) is 0.158. The lowest BCUT2D eigenvalue weighted by atomic mass is 9.97. The van der Waals surface area contributed by atoms with Gasteiger partial charge in [0.15, 0.2) is 5.82 Å². The minimum Gasteiger partial charge on any atom is -0.349 e. The van der Waals surface area contributed by atoms with Gasteiger partial charge in [-0.05, 0) is 30.7 Å². The van der Waals surface area contributed by atoms with E-state index in [4.69, 9.17) is 0 Å². The first-order valence-electron chi connectivity index (χ1n) is 6.00. The fourth-order valence-corrected chi connectivity index (χ4v) is 2.37. The molecule has 0 aromatic carbocycles. The highest BCUT2D eigenvalue weighted by Gasteiger charge is 2.31. The Balaban J connectivity index is 2.05. The van der Waals surface area contributed by atoms with Gasteiger partial charge in [0.2, 0.25) is 0 Å². The van der Waals surface area contributed by atoms with Crippen molar-refractivity contribution < 1.29 is 9.18 Å². The lowest BCUT2D eigenvalue weighted by Gasteiger charge is -2.19. The molecule has 0 bridgehead atoms. The zero-order chi connectivity index (χ0) is 12.4. The molecule has 0 saturated heterocycles. The molecule has 3 nitrogen and oxygen atoms in total. The lowest BCUT2D eigenvalue weighted by molar-refractivity contribution is 0.0923. The molecule has 1 heterocycles. The molecule has 3 atom stereocenters. The molecule has 1 saturated carbocycles. The van der Waals surface area contributed by atoms with Crippen LogP contribution in [0.15, 0.2) is 18.5 Å². The van der Waals surface area contributed by atoms with Crippen molar-refractivity contribution in [1.29, 1.82) is 0 Å². The van der Waals surface area contributed by atoms with Crippen LogP contribution in [0, 0.1) is 17.7 Å². The highest BCUT2D eigenvalue weighted by molar-refractivity contribution is 5.94. The van der Waals surface area contributed by atoms with Crippen LogP contribution in [-0.4, -0.2) is 16.9 Å². The third-order valence-corrected chi connectivity index (χ3v) is 3.80. The number of aromatic nitrogens is 1. The van der Waals surface area contributed by atoms with Gasteiger partial charge in [0.1, 0.15) is 0 Å². The zero-order valence-electron chi connectivity index (χ0n) is 10.1. The van der Waals surface area contributed by atoms with E-state index in [1.54, 1.807) is 0 Å². The number of carbonyl (C=O) groups excluding carboxylic acids is 1. The Bertz CT molecular complexity index is 422. The Morgan fingerprint density at radius 1 is 1.47 bits per heavy atom. The number of rotatable bonds is 2. The minimum absolute atomic E-state index is 0.0757. The van der Waals surface area contributed by atoms with Crippen molar-refractivity contribution in [1.82, 2.24) is 10.3 Å². The number of hydrogen-bond acceptors (Lipinski definition) is 2. The van der Waals surface area contributed by atoms with Crippen LogP contribution < -0.4 is 5.32 Å². The Morgan fingerprint density at radius 3 is 2.82 bits per heavy atom. The van der Waals surface area contributed by atoms with Crippen LogP contribution >= 0.6 is 0 Å². The average molecular weight is 236 g/mol. The van der Waals surface area contributed by atoms with Crippen LogP contribution in [0.25, 0.3) is 0 Å². The molecular formula is C13H17FN2O. The predicted octanol–water partition coefficient (Wildman–Crippen LogP) is 2.39. The number of pyridine rings is 1. The van der Waals surface area contributed by atoms with Gasteiger partial charge in [0.25, 0.3) is 5.91 Å². The largest absolute Gasteiger partial charge is 0.349 e. The summed E-state index contributed by atoms with van der Waals surface area (Å²) in [7, 11) is 0. The molecule has 1 aromatic heterocycles. The van der Waals surface area contributed by atoms with E-state index < -0.39 is 5.82 Å². The number of nitrogens with zero attached hydrogens (tertiary/aromatic N) is 1. The zero-order valence-corrected chi connectivity index (χ0v) is 10.1. The molecule has 4 heteroatoms. The lowest BCUT2D eigenvalue weighted by Crippen LogP contribution is -2.37. The number of nitrogens with one attached hydrogen (secondary N) is 1. The third-order valence-electron chi connectivity index (χ3n) is 3.80. The van der Waals surface area contributed by atoms with Crippen LogP contribution in [0.5, 0.6) is 0 Å². The summed E-state index contributed by atoms with van der Waals surface area (Å²) < 4.78 is 13.4. The second kappa shape index (κ2) is 4.82. The average Bonchev–Trinajstić information content (AvgIpc) is 2.61. The summed E-state index contributed by atoms with van der Waals surface area (Å²) in [6, 6.07) is 1.57. The van der Waals surface area contributed by atoms with Crippen molar-refractivity contribution in [3.8, 4) is 0 Å². The highest BCUT2D eigenvalue weighted by atomic mass is 19.1. The van der Waals surface area contributed by atoms with E-state index in [-0.39, 0.29) is 17.5 Å². The Morgan fingerprint density at radius 2 is 2.24 bits per heavy atom. The number of amides is 1. The quantitative estimate of drug-likeness (QED) is 0.856. The first-order chi connectivity index (χ1) is 8.09. The first kappa shape index (κ1) is 12.0. The van der Waals surface area contributed by atoms with Gasteiger partial charge in [-0.15, -0.1) is 0 Å². The van der Waals surface area contributed by atoms with Gasteiger partial charge in [0, 0.05) is 12.2 Å². The molecule has 0 radical (unpaired) electrons. The second-order valence-electron chi connectivity index (χ2n) is 4.85. The molecule has 1 N–H and O–H groups in total. The van der Waals surface area contributed by atoms with E-state index in [0.717, 1.165) is 19.0 Å². The molecule has 1 aliphatic rings. The molecule has 0 spiro atoms. The maximum absolute atomic E-state index is 13.4. The number of hydrogen-bond donors (Lipinski definition) is 1. The minimum atomic E-state index is -0.566. The molecule has 1 fully saturated rings. The van der Waals surface area contributed by atoms with E-state index in [0.29, 0.717) is 11.8 Å². The SMILES string of the molecule is CC1CCC(NC(=O)c2ccncc2F)C1C. The Kier molecular flexibility index (Phi) is 3.41. The molecule has 92 valence electrons. The maximum Gasteiger partial charge on any atom is 0.254 e. The monoisotopic (exact) mass is 236 g/mol. The van der Waals surface area contributed by atoms with E-state index in [1.165, 1.54) is 12.3 Å². The summed E-state index contributed by atoms with van der Waals surface area (Å²) in [5.41, 5.74) is 0.0757. The second-order valence-corrected chi connectivity index (χ2v) is 4.85. The maximum atomic E-state index is 13.4. The summed E-state index contributed by atoms with van der Waals surface area (Å²) >= 11 is 0. The van der Waals surface area contributed by atoms with Crippen molar-refractivity contribution in [3.05, 3.63) is 29.8 Å². The molecule has 1 amide bonds. The van der Waals surface area contributed by atoms with Crippen LogP contribution in [0.1, 0.15) is 37.0 Å². The van der Waals surface area contributed by atoms with Gasteiger partial charge < -0.3 is 5.32 Å². The van der Waals surface area contributed by atoms with Crippen molar-refractivity contribution in [2.75, 3.05) is 0 Å². The van der Waals surface area contributed by atoms with Gasteiger partial charge in [0.05, 0.1) is 11.8 Å². The van der Waals surface area contributed by atoms with E-state index in [1.807, 2.05) is 0 Å². The molecule has 1 aromatic rings. The number of carbonyl (C=O) groups is 1. The van der Waals surface area contributed by atoms with Crippen LogP contribution in [-0.2, 0) is 0 Å².